The molecule has 1 aromatic rings. The molecular weight excluding hydrogens is 618 g/mol. The lowest BCUT2D eigenvalue weighted by Gasteiger charge is -2.31. The zero-order valence-corrected chi connectivity index (χ0v) is 28.9. The van der Waals surface area contributed by atoms with Crippen molar-refractivity contribution in [3.05, 3.63) is 53.1 Å². The van der Waals surface area contributed by atoms with Gasteiger partial charge in [0.1, 0.15) is 24.4 Å². The summed E-state index contributed by atoms with van der Waals surface area (Å²) in [4.78, 5) is 53.6. The molecule has 0 spiro atoms. The van der Waals surface area contributed by atoms with Crippen molar-refractivity contribution in [3.8, 4) is 0 Å². The molecule has 1 aromatic carbocycles. The van der Waals surface area contributed by atoms with E-state index < -0.39 is 54.0 Å². The first-order valence-corrected chi connectivity index (χ1v) is 17.1. The molecule has 0 radical (unpaired) electrons. The molecule has 12 heteroatoms. The van der Waals surface area contributed by atoms with Gasteiger partial charge in [-0.1, -0.05) is 57.7 Å². The summed E-state index contributed by atoms with van der Waals surface area (Å²) in [7, 11) is 3.26. The average Bonchev–Trinajstić information content (AvgIpc) is 3.43. The molecule has 1 saturated heterocycles. The lowest BCUT2D eigenvalue weighted by Crippen LogP contribution is -2.54. The summed E-state index contributed by atoms with van der Waals surface area (Å²) in [5.41, 5.74) is 0.952. The third kappa shape index (κ3) is 10.7. The Hall–Kier alpha value is -3.58. The normalized spacial score (nSPS) is 21.1. The van der Waals surface area contributed by atoms with Gasteiger partial charge in [0.05, 0.1) is 18.3 Å². The fraction of sp³-hybridized carbons (Fsp3) is 0.611. The van der Waals surface area contributed by atoms with Gasteiger partial charge in [-0.05, 0) is 43.5 Å². The number of amides is 3. The quantitative estimate of drug-likeness (QED) is 0.104. The van der Waals surface area contributed by atoms with Crippen LogP contribution in [0.3, 0.4) is 0 Å². The summed E-state index contributed by atoms with van der Waals surface area (Å²) in [6.07, 6.45) is 8.14. The summed E-state index contributed by atoms with van der Waals surface area (Å²) in [5, 5.41) is 24.5. The van der Waals surface area contributed by atoms with Crippen molar-refractivity contribution in [2.24, 2.45) is 0 Å². The minimum absolute atomic E-state index is 0.0238. The molecule has 1 fully saturated rings. The van der Waals surface area contributed by atoms with Gasteiger partial charge in [0.15, 0.2) is 5.79 Å². The van der Waals surface area contributed by atoms with E-state index >= 15 is 0 Å². The van der Waals surface area contributed by atoms with Crippen LogP contribution in [0, 0.1) is 0 Å². The highest BCUT2D eigenvalue weighted by Gasteiger charge is 2.52. The van der Waals surface area contributed by atoms with Crippen LogP contribution in [0.25, 0.3) is 6.08 Å². The number of hydrogen-bond acceptors (Lipinski definition) is 9. The molecule has 0 bridgehead atoms. The molecule has 266 valence electrons. The van der Waals surface area contributed by atoms with Crippen LogP contribution < -0.4 is 10.6 Å². The number of ether oxygens (including phenoxy) is 3. The van der Waals surface area contributed by atoms with E-state index in [2.05, 4.69) is 24.5 Å². The van der Waals surface area contributed by atoms with Gasteiger partial charge in [-0.25, -0.2) is 4.79 Å². The van der Waals surface area contributed by atoms with Crippen LogP contribution in [0.5, 0.6) is 0 Å². The molecule has 5 atom stereocenters. The number of likely N-dealkylation sites (N-methyl/N-ethyl adjacent to an activating group) is 1. The zero-order chi connectivity index (χ0) is 35.3. The number of benzene rings is 1. The number of aliphatic hydroxyl groups is 2. The Labute approximate surface area is 283 Å². The number of fused-ring (bicyclic) bond motifs is 1. The Bertz CT molecular complexity index is 1300. The molecule has 2 aliphatic rings. The number of hydrogen-bond donors (Lipinski definition) is 4. The van der Waals surface area contributed by atoms with Crippen molar-refractivity contribution in [1.82, 2.24) is 15.5 Å². The van der Waals surface area contributed by atoms with E-state index in [-0.39, 0.29) is 36.6 Å². The Morgan fingerprint density at radius 3 is 2.33 bits per heavy atom. The topological polar surface area (TPSA) is 164 Å². The van der Waals surface area contributed by atoms with Gasteiger partial charge in [0.2, 0.25) is 17.7 Å². The molecule has 5 unspecified atom stereocenters. The number of carbonyl (C=O) groups excluding carboxylic acids is 4. The number of aliphatic hydroxyl groups excluding tert-OH is 2. The summed E-state index contributed by atoms with van der Waals surface area (Å²) in [5.74, 6) is -3.07. The Kier molecular flexibility index (Phi) is 15.2. The third-order valence-electron chi connectivity index (χ3n) is 8.54. The van der Waals surface area contributed by atoms with Crippen molar-refractivity contribution in [2.45, 2.75) is 115 Å². The van der Waals surface area contributed by atoms with E-state index in [1.165, 1.54) is 17.9 Å². The molecule has 3 rings (SSSR count). The molecule has 0 aromatic heterocycles. The van der Waals surface area contributed by atoms with Gasteiger partial charge >= 0.3 is 5.97 Å². The Balaban J connectivity index is 1.94. The van der Waals surface area contributed by atoms with Crippen LogP contribution in [0.2, 0.25) is 0 Å². The van der Waals surface area contributed by atoms with Gasteiger partial charge in [-0.3, -0.25) is 14.4 Å². The minimum atomic E-state index is -1.28. The monoisotopic (exact) mass is 671 g/mol. The summed E-state index contributed by atoms with van der Waals surface area (Å²) in [6, 6.07) is 5.48. The van der Waals surface area contributed by atoms with Crippen molar-refractivity contribution < 1.29 is 43.6 Å². The first-order chi connectivity index (χ1) is 22.9. The molecule has 1 aliphatic heterocycles. The first-order valence-electron chi connectivity index (χ1n) is 17.1. The second kappa shape index (κ2) is 18.8. The van der Waals surface area contributed by atoms with Gasteiger partial charge in [-0.2, -0.15) is 0 Å². The predicted molar refractivity (Wildman–Crippen MR) is 181 cm³/mol. The van der Waals surface area contributed by atoms with Crippen LogP contribution in [-0.2, 0) is 28.6 Å². The smallest absolute Gasteiger partial charge is 0.339 e. The number of unbranched alkanes of at least 4 members (excludes halogenated alkanes) is 4. The van der Waals surface area contributed by atoms with Crippen LogP contribution >= 0.6 is 0 Å². The fourth-order valence-corrected chi connectivity index (χ4v) is 5.87. The molecule has 0 saturated carbocycles. The SMILES string of the molecule is CCCCCC1(CCCCC)OC2C=C(C(=O)NC(C(=O)NCCO)C(C)O)CC(OC(=O)c3ccccc3C=CC(=O)N(C)C)C2O1. The lowest BCUT2D eigenvalue weighted by molar-refractivity contribution is -0.190. The molecule has 1 heterocycles. The number of esters is 1. The fourth-order valence-electron chi connectivity index (χ4n) is 5.87. The summed E-state index contributed by atoms with van der Waals surface area (Å²) >= 11 is 0. The second-order valence-corrected chi connectivity index (χ2v) is 12.7. The highest BCUT2D eigenvalue weighted by Crippen LogP contribution is 2.43. The van der Waals surface area contributed by atoms with Gasteiger partial charge in [-0.15, -0.1) is 0 Å². The van der Waals surface area contributed by atoms with Gasteiger partial charge in [0.25, 0.3) is 0 Å². The van der Waals surface area contributed by atoms with Crippen molar-refractivity contribution in [1.29, 1.82) is 0 Å². The second-order valence-electron chi connectivity index (χ2n) is 12.7. The number of nitrogens with one attached hydrogen (secondary N) is 2. The number of rotatable bonds is 18. The van der Waals surface area contributed by atoms with E-state index in [9.17, 15) is 24.3 Å². The van der Waals surface area contributed by atoms with Crippen LogP contribution in [0.1, 0.15) is 94.5 Å². The van der Waals surface area contributed by atoms with E-state index in [4.69, 9.17) is 19.3 Å². The van der Waals surface area contributed by atoms with E-state index in [0.29, 0.717) is 18.4 Å². The molecule has 1 aliphatic carbocycles. The van der Waals surface area contributed by atoms with E-state index in [1.54, 1.807) is 50.5 Å². The van der Waals surface area contributed by atoms with Gasteiger partial charge in [0, 0.05) is 51.6 Å². The standard InChI is InChI=1S/C36H53N3O9/c1-6-8-12-18-36(19-13-9-7-2)47-29-23-26(33(43)38-31(24(3)41)34(44)37-20-21-40)22-28(32(29)48-36)46-35(45)27-15-11-10-14-25(27)16-17-30(42)39(4)5/h10-11,14-17,23-24,28-29,31-32,40-41H,6-9,12-13,18-22H2,1-5H3,(H,37,44)(H,38,43). The molecule has 12 nitrogen and oxygen atoms in total. The highest BCUT2D eigenvalue weighted by molar-refractivity contribution is 5.98. The highest BCUT2D eigenvalue weighted by atomic mass is 16.8. The molecule has 48 heavy (non-hydrogen) atoms. The van der Waals surface area contributed by atoms with Crippen molar-refractivity contribution in [2.75, 3.05) is 27.2 Å². The third-order valence-corrected chi connectivity index (χ3v) is 8.54. The van der Waals surface area contributed by atoms with Crippen LogP contribution in [-0.4, -0.2) is 102 Å². The van der Waals surface area contributed by atoms with Crippen molar-refractivity contribution in [3.63, 3.8) is 0 Å². The van der Waals surface area contributed by atoms with Crippen LogP contribution in [0.15, 0.2) is 42.0 Å². The molecular formula is C36H53N3O9. The van der Waals surface area contributed by atoms with E-state index in [0.717, 1.165) is 38.5 Å². The zero-order valence-electron chi connectivity index (χ0n) is 28.9. The average molecular weight is 672 g/mol. The maximum absolute atomic E-state index is 13.7. The minimum Gasteiger partial charge on any atom is -0.456 e. The Morgan fingerprint density at radius 1 is 1.06 bits per heavy atom. The van der Waals surface area contributed by atoms with Crippen molar-refractivity contribution >= 4 is 29.8 Å². The largest absolute Gasteiger partial charge is 0.456 e. The molecule has 3 amide bonds. The number of carbonyl (C=O) groups is 4. The Morgan fingerprint density at radius 2 is 1.73 bits per heavy atom. The van der Waals surface area contributed by atoms with E-state index in [1.807, 2.05) is 0 Å². The molecule has 4 N–H and O–H groups in total. The first kappa shape index (κ1) is 38.9. The van der Waals surface area contributed by atoms with Gasteiger partial charge < -0.3 is 40.0 Å². The van der Waals surface area contributed by atoms with Crippen LogP contribution in [0.4, 0.5) is 0 Å². The summed E-state index contributed by atoms with van der Waals surface area (Å²) < 4.78 is 19.4. The summed E-state index contributed by atoms with van der Waals surface area (Å²) in [6.45, 7) is 5.29. The predicted octanol–water partition coefficient (Wildman–Crippen LogP) is 3.26. The maximum Gasteiger partial charge on any atom is 0.339 e. The number of nitrogens with zero attached hydrogens (tertiary/aromatic N) is 1. The lowest BCUT2D eigenvalue weighted by atomic mass is 9.91. The maximum atomic E-state index is 13.7.